The molecule has 0 spiro atoms. The van der Waals surface area contributed by atoms with Crippen LogP contribution in [0.15, 0.2) is 52.8 Å². The molecule has 0 saturated carbocycles. The molecule has 4 N–H and O–H groups in total. The first kappa shape index (κ1) is 16.7. The summed E-state index contributed by atoms with van der Waals surface area (Å²) in [6.45, 7) is 2.66. The summed E-state index contributed by atoms with van der Waals surface area (Å²) in [5.74, 6) is 0.694. The van der Waals surface area contributed by atoms with Crippen molar-refractivity contribution in [1.82, 2.24) is 4.98 Å². The zero-order valence-corrected chi connectivity index (χ0v) is 13.5. The molecule has 0 atom stereocenters. The fraction of sp³-hybridized carbons (Fsp3) is 0.235. The van der Waals surface area contributed by atoms with E-state index in [1.54, 1.807) is 36.4 Å². The summed E-state index contributed by atoms with van der Waals surface area (Å²) >= 11 is 0. The number of nitrogens with two attached hydrogens (primary N) is 1. The molecule has 1 aromatic carbocycles. The molecule has 25 heavy (non-hydrogen) atoms. The molecule has 3 rings (SSSR count). The Bertz CT molecular complexity index is 786. The topological polar surface area (TPSA) is 117 Å². The van der Waals surface area contributed by atoms with Crippen LogP contribution >= 0.6 is 0 Å². The Labute approximate surface area is 144 Å². The predicted octanol–water partition coefficient (Wildman–Crippen LogP) is 1.56. The number of ether oxygens (including phenoxy) is 1. The third-order valence-corrected chi connectivity index (χ3v) is 3.94. The van der Waals surface area contributed by atoms with Crippen LogP contribution in [0.1, 0.15) is 11.3 Å². The second-order valence-electron chi connectivity index (χ2n) is 5.47. The second-order valence-corrected chi connectivity index (χ2v) is 5.47. The highest BCUT2D eigenvalue weighted by Crippen LogP contribution is 2.20. The van der Waals surface area contributed by atoms with Crippen molar-refractivity contribution in [2.75, 3.05) is 36.9 Å². The lowest BCUT2D eigenvalue weighted by Crippen LogP contribution is -2.37. The lowest BCUT2D eigenvalue weighted by molar-refractivity contribution is 0.122. The van der Waals surface area contributed by atoms with E-state index in [0.29, 0.717) is 43.4 Å². The quantitative estimate of drug-likeness (QED) is 0.441. The molecule has 0 amide bonds. The van der Waals surface area contributed by atoms with E-state index in [4.69, 9.17) is 10.5 Å². The standard InChI is InChI=1S/C17H19N5O3/c18-13-6-7-14(22-8-10-25-11-9-22)19-16(13)17(21-24)15(20-23)12-4-2-1-3-5-12/h1-7,23-24H,8-11,18H2/b20-15+,21-17+. The molecule has 0 radical (unpaired) electrons. The van der Waals surface area contributed by atoms with Crippen molar-refractivity contribution in [2.24, 2.45) is 10.3 Å². The van der Waals surface area contributed by atoms with Gasteiger partial charge in [-0.1, -0.05) is 40.6 Å². The van der Waals surface area contributed by atoms with E-state index in [1.807, 2.05) is 6.07 Å². The molecule has 1 fully saturated rings. The Morgan fingerprint density at radius 2 is 1.68 bits per heavy atom. The Morgan fingerprint density at radius 3 is 2.32 bits per heavy atom. The third-order valence-electron chi connectivity index (χ3n) is 3.94. The van der Waals surface area contributed by atoms with Crippen LogP contribution in [-0.2, 0) is 4.74 Å². The monoisotopic (exact) mass is 341 g/mol. The number of nitrogens with zero attached hydrogens (tertiary/aromatic N) is 4. The molecule has 130 valence electrons. The molecule has 8 heteroatoms. The molecule has 0 bridgehead atoms. The number of benzene rings is 1. The Kier molecular flexibility index (Phi) is 5.10. The molecular weight excluding hydrogens is 322 g/mol. The smallest absolute Gasteiger partial charge is 0.160 e. The highest BCUT2D eigenvalue weighted by molar-refractivity contribution is 6.53. The highest BCUT2D eigenvalue weighted by Gasteiger charge is 2.22. The van der Waals surface area contributed by atoms with Gasteiger partial charge in [-0.25, -0.2) is 4.98 Å². The van der Waals surface area contributed by atoms with Gasteiger partial charge in [-0.05, 0) is 12.1 Å². The van der Waals surface area contributed by atoms with E-state index in [-0.39, 0.29) is 17.1 Å². The summed E-state index contributed by atoms with van der Waals surface area (Å²) in [6.07, 6.45) is 0. The lowest BCUT2D eigenvalue weighted by atomic mass is 10.0. The molecule has 1 saturated heterocycles. The van der Waals surface area contributed by atoms with Gasteiger partial charge in [0.1, 0.15) is 17.2 Å². The van der Waals surface area contributed by atoms with Crippen LogP contribution in [0.2, 0.25) is 0 Å². The number of morpholine rings is 1. The van der Waals surface area contributed by atoms with Crippen molar-refractivity contribution < 1.29 is 15.2 Å². The van der Waals surface area contributed by atoms with Gasteiger partial charge in [0.15, 0.2) is 5.71 Å². The maximum Gasteiger partial charge on any atom is 0.160 e. The zero-order valence-electron chi connectivity index (χ0n) is 13.5. The van der Waals surface area contributed by atoms with Crippen molar-refractivity contribution in [1.29, 1.82) is 0 Å². The van der Waals surface area contributed by atoms with Crippen LogP contribution in [0, 0.1) is 0 Å². The minimum Gasteiger partial charge on any atom is -0.410 e. The fourth-order valence-corrected chi connectivity index (χ4v) is 2.66. The Hall–Kier alpha value is -3.13. The van der Waals surface area contributed by atoms with Crippen LogP contribution in [-0.4, -0.2) is 53.1 Å². The van der Waals surface area contributed by atoms with Gasteiger partial charge in [0.2, 0.25) is 0 Å². The van der Waals surface area contributed by atoms with E-state index in [9.17, 15) is 10.4 Å². The van der Waals surface area contributed by atoms with E-state index in [2.05, 4.69) is 20.2 Å². The highest BCUT2D eigenvalue weighted by atomic mass is 16.5. The summed E-state index contributed by atoms with van der Waals surface area (Å²) in [4.78, 5) is 6.58. The molecule has 1 aromatic heterocycles. The van der Waals surface area contributed by atoms with Crippen LogP contribution < -0.4 is 10.6 Å². The molecule has 8 nitrogen and oxygen atoms in total. The zero-order chi connectivity index (χ0) is 17.6. The summed E-state index contributed by atoms with van der Waals surface area (Å²) < 4.78 is 5.35. The Balaban J connectivity index is 2.00. The molecule has 0 unspecified atom stereocenters. The summed E-state index contributed by atoms with van der Waals surface area (Å²) in [7, 11) is 0. The first-order valence-corrected chi connectivity index (χ1v) is 7.84. The summed E-state index contributed by atoms with van der Waals surface area (Å²) in [6, 6.07) is 12.4. The Morgan fingerprint density at radius 1 is 1.00 bits per heavy atom. The fourth-order valence-electron chi connectivity index (χ4n) is 2.66. The van der Waals surface area contributed by atoms with Gasteiger partial charge in [0.25, 0.3) is 0 Å². The van der Waals surface area contributed by atoms with Crippen molar-refractivity contribution in [3.8, 4) is 0 Å². The van der Waals surface area contributed by atoms with Crippen LogP contribution in [0.5, 0.6) is 0 Å². The number of rotatable bonds is 4. The first-order chi connectivity index (χ1) is 12.2. The molecule has 2 aromatic rings. The van der Waals surface area contributed by atoms with Gasteiger partial charge in [0, 0.05) is 18.7 Å². The van der Waals surface area contributed by atoms with Gasteiger partial charge in [-0.15, -0.1) is 0 Å². The number of nitrogen functional groups attached to an aromatic ring is 1. The van der Waals surface area contributed by atoms with Crippen molar-refractivity contribution in [3.05, 3.63) is 53.7 Å². The average Bonchev–Trinajstić information content (AvgIpc) is 2.68. The largest absolute Gasteiger partial charge is 0.410 e. The van der Waals surface area contributed by atoms with Crippen LogP contribution in [0.3, 0.4) is 0 Å². The normalized spacial score (nSPS) is 16.1. The maximum atomic E-state index is 9.53. The van der Waals surface area contributed by atoms with E-state index in [0.717, 1.165) is 0 Å². The van der Waals surface area contributed by atoms with Crippen molar-refractivity contribution in [3.63, 3.8) is 0 Å². The van der Waals surface area contributed by atoms with Crippen molar-refractivity contribution in [2.45, 2.75) is 0 Å². The van der Waals surface area contributed by atoms with Gasteiger partial charge in [-0.3, -0.25) is 0 Å². The summed E-state index contributed by atoms with van der Waals surface area (Å²) in [5.41, 5.74) is 7.27. The lowest BCUT2D eigenvalue weighted by Gasteiger charge is -2.28. The maximum absolute atomic E-state index is 9.53. The SMILES string of the molecule is Nc1ccc(N2CCOCC2)nc1C(=N/O)/C(=N/O)c1ccccc1. The van der Waals surface area contributed by atoms with Gasteiger partial charge >= 0.3 is 0 Å². The molecule has 1 aliphatic heterocycles. The van der Waals surface area contributed by atoms with E-state index in [1.165, 1.54) is 0 Å². The van der Waals surface area contributed by atoms with E-state index < -0.39 is 0 Å². The number of hydrogen-bond donors (Lipinski definition) is 3. The predicted molar refractivity (Wildman–Crippen MR) is 94.8 cm³/mol. The number of oxime groups is 2. The van der Waals surface area contributed by atoms with Gasteiger partial charge in [0.05, 0.1) is 18.9 Å². The molecule has 2 heterocycles. The third kappa shape index (κ3) is 3.53. The number of anilines is 2. The second kappa shape index (κ2) is 7.63. The van der Waals surface area contributed by atoms with Gasteiger partial charge in [-0.2, -0.15) is 0 Å². The first-order valence-electron chi connectivity index (χ1n) is 7.84. The van der Waals surface area contributed by atoms with Crippen LogP contribution in [0.4, 0.5) is 11.5 Å². The molecule has 0 aliphatic carbocycles. The van der Waals surface area contributed by atoms with Gasteiger partial charge < -0.3 is 25.8 Å². The minimum absolute atomic E-state index is 0.00121. The summed E-state index contributed by atoms with van der Waals surface area (Å²) in [5, 5.41) is 25.6. The molecular formula is C17H19N5O3. The van der Waals surface area contributed by atoms with E-state index >= 15 is 0 Å². The number of aromatic nitrogens is 1. The number of hydrogen-bond acceptors (Lipinski definition) is 8. The van der Waals surface area contributed by atoms with Crippen molar-refractivity contribution >= 4 is 22.9 Å². The minimum atomic E-state index is 0.00121. The van der Waals surface area contributed by atoms with Crippen LogP contribution in [0.25, 0.3) is 0 Å². The average molecular weight is 341 g/mol. The molecule has 1 aliphatic rings. The number of pyridine rings is 1.